The van der Waals surface area contributed by atoms with Gasteiger partial charge in [0.15, 0.2) is 0 Å². The van der Waals surface area contributed by atoms with Crippen LogP contribution in [0.5, 0.6) is 0 Å². The summed E-state index contributed by atoms with van der Waals surface area (Å²) in [5.74, 6) is 0.295. The predicted octanol–water partition coefficient (Wildman–Crippen LogP) is 0.391. The first-order valence-corrected chi connectivity index (χ1v) is 6.54. The molecule has 0 aromatic rings. The lowest BCUT2D eigenvalue weighted by Crippen LogP contribution is -2.51. The largest absolute Gasteiger partial charge is 0.323 e. The molecule has 90 valence electrons. The Morgan fingerprint density at radius 1 is 1.25 bits per heavy atom. The molecule has 16 heavy (non-hydrogen) atoms. The fourth-order valence-electron chi connectivity index (χ4n) is 3.62. The minimum absolute atomic E-state index is 0.241. The van der Waals surface area contributed by atoms with E-state index in [0.717, 1.165) is 12.5 Å². The molecule has 3 aliphatic heterocycles. The number of fused-ring (bicyclic) bond motifs is 1. The summed E-state index contributed by atoms with van der Waals surface area (Å²) in [5, 5.41) is 3.24. The summed E-state index contributed by atoms with van der Waals surface area (Å²) in [6.07, 6.45) is 5.27. The molecule has 1 N–H and O–H groups in total. The van der Waals surface area contributed by atoms with Crippen molar-refractivity contribution in [2.24, 2.45) is 0 Å². The number of piperidine rings is 1. The molecule has 3 unspecified atom stereocenters. The van der Waals surface area contributed by atoms with E-state index in [4.69, 9.17) is 0 Å². The van der Waals surface area contributed by atoms with Crippen LogP contribution < -0.4 is 5.32 Å². The van der Waals surface area contributed by atoms with E-state index in [-0.39, 0.29) is 6.17 Å². The lowest BCUT2D eigenvalue weighted by Gasteiger charge is -2.40. The zero-order valence-electron chi connectivity index (χ0n) is 9.98. The fourth-order valence-corrected chi connectivity index (χ4v) is 3.62. The number of rotatable bonds is 1. The first kappa shape index (κ1) is 10.5. The summed E-state index contributed by atoms with van der Waals surface area (Å²) in [5.41, 5.74) is 0. The lowest BCUT2D eigenvalue weighted by molar-refractivity contribution is -0.131. The van der Waals surface area contributed by atoms with Crippen molar-refractivity contribution in [2.45, 2.75) is 50.9 Å². The van der Waals surface area contributed by atoms with Crippen molar-refractivity contribution in [3.05, 3.63) is 0 Å². The summed E-state index contributed by atoms with van der Waals surface area (Å²) in [6, 6.07) is 1.23. The third kappa shape index (κ3) is 1.64. The van der Waals surface area contributed by atoms with Crippen molar-refractivity contribution < 1.29 is 4.79 Å². The van der Waals surface area contributed by atoms with Gasteiger partial charge in [-0.05, 0) is 39.2 Å². The molecule has 3 atom stereocenters. The normalized spacial score (nSPS) is 40.4. The second-order valence-electron chi connectivity index (χ2n) is 5.37. The number of amides is 1. The molecule has 3 rings (SSSR count). The van der Waals surface area contributed by atoms with Crippen LogP contribution in [0, 0.1) is 0 Å². The van der Waals surface area contributed by atoms with Gasteiger partial charge in [0.05, 0.1) is 12.7 Å². The highest BCUT2D eigenvalue weighted by molar-refractivity contribution is 5.80. The Kier molecular flexibility index (Phi) is 2.64. The molecule has 0 radical (unpaired) electrons. The molecule has 0 spiro atoms. The van der Waals surface area contributed by atoms with Gasteiger partial charge in [0.2, 0.25) is 5.91 Å². The van der Waals surface area contributed by atoms with Crippen molar-refractivity contribution >= 4 is 5.91 Å². The molecule has 0 aliphatic carbocycles. The van der Waals surface area contributed by atoms with E-state index < -0.39 is 0 Å². The van der Waals surface area contributed by atoms with E-state index in [1.807, 2.05) is 0 Å². The van der Waals surface area contributed by atoms with E-state index in [9.17, 15) is 4.79 Å². The molecule has 3 aliphatic rings. The van der Waals surface area contributed by atoms with E-state index in [2.05, 4.69) is 22.0 Å². The summed E-state index contributed by atoms with van der Waals surface area (Å²) >= 11 is 0. The van der Waals surface area contributed by atoms with Gasteiger partial charge in [-0.25, -0.2) is 0 Å². The van der Waals surface area contributed by atoms with Crippen LogP contribution in [0.15, 0.2) is 0 Å². The fraction of sp³-hybridized carbons (Fsp3) is 0.917. The number of carbonyl (C=O) groups excluding carboxylic acids is 1. The first-order valence-electron chi connectivity index (χ1n) is 6.54. The number of nitrogens with one attached hydrogen (secondary N) is 1. The highest BCUT2D eigenvalue weighted by atomic mass is 16.2. The number of nitrogens with zero attached hydrogens (tertiary/aromatic N) is 2. The Morgan fingerprint density at radius 3 is 2.88 bits per heavy atom. The lowest BCUT2D eigenvalue weighted by atomic mass is 9.96. The topological polar surface area (TPSA) is 35.6 Å². The molecule has 0 aromatic carbocycles. The Morgan fingerprint density at radius 2 is 2.12 bits per heavy atom. The maximum Gasteiger partial charge on any atom is 0.238 e. The average Bonchev–Trinajstić information content (AvgIpc) is 2.85. The Bertz CT molecular complexity index is 294. The minimum atomic E-state index is 0.241. The highest BCUT2D eigenvalue weighted by Crippen LogP contribution is 2.30. The summed E-state index contributed by atoms with van der Waals surface area (Å²) in [6.45, 7) is 5.10. The summed E-state index contributed by atoms with van der Waals surface area (Å²) < 4.78 is 0. The van der Waals surface area contributed by atoms with Crippen LogP contribution >= 0.6 is 0 Å². The minimum Gasteiger partial charge on any atom is -0.323 e. The van der Waals surface area contributed by atoms with Crippen molar-refractivity contribution in [2.75, 3.05) is 19.6 Å². The van der Waals surface area contributed by atoms with Gasteiger partial charge in [-0.1, -0.05) is 0 Å². The van der Waals surface area contributed by atoms with E-state index in [1.54, 1.807) is 0 Å². The van der Waals surface area contributed by atoms with Gasteiger partial charge in [0.25, 0.3) is 0 Å². The molecule has 0 bridgehead atoms. The van der Waals surface area contributed by atoms with Crippen LogP contribution in [-0.2, 0) is 4.79 Å². The highest BCUT2D eigenvalue weighted by Gasteiger charge is 2.39. The number of hydrogen-bond donors (Lipinski definition) is 1. The zero-order valence-corrected chi connectivity index (χ0v) is 9.98. The van der Waals surface area contributed by atoms with E-state index in [0.29, 0.717) is 18.5 Å². The van der Waals surface area contributed by atoms with Gasteiger partial charge >= 0.3 is 0 Å². The number of carbonyl (C=O) groups is 1. The molecule has 3 heterocycles. The van der Waals surface area contributed by atoms with Crippen LogP contribution in [-0.4, -0.2) is 53.6 Å². The maximum absolute atomic E-state index is 11.8. The Hall–Kier alpha value is -0.610. The van der Waals surface area contributed by atoms with Crippen LogP contribution in [0.25, 0.3) is 0 Å². The third-order valence-corrected chi connectivity index (χ3v) is 4.44. The third-order valence-electron chi connectivity index (χ3n) is 4.44. The Balaban J connectivity index is 1.69. The zero-order chi connectivity index (χ0) is 11.1. The summed E-state index contributed by atoms with van der Waals surface area (Å²) in [4.78, 5) is 16.5. The van der Waals surface area contributed by atoms with Gasteiger partial charge in [-0.15, -0.1) is 0 Å². The van der Waals surface area contributed by atoms with Gasteiger partial charge in [0.1, 0.15) is 0 Å². The SMILES string of the molecule is CC1NCC(=O)N1C1CCN2CCCC2C1. The van der Waals surface area contributed by atoms with Crippen LogP contribution in [0.1, 0.15) is 32.6 Å². The van der Waals surface area contributed by atoms with E-state index >= 15 is 0 Å². The predicted molar refractivity (Wildman–Crippen MR) is 61.9 cm³/mol. The standard InChI is InChI=1S/C12H21N3O/c1-9-13-8-12(16)15(9)11-4-6-14-5-2-3-10(14)7-11/h9-11,13H,2-8H2,1H3. The molecule has 1 amide bonds. The van der Waals surface area contributed by atoms with Gasteiger partial charge in [0, 0.05) is 18.6 Å². The van der Waals surface area contributed by atoms with Crippen LogP contribution in [0.3, 0.4) is 0 Å². The molecule has 3 saturated heterocycles. The van der Waals surface area contributed by atoms with Gasteiger partial charge in [-0.3, -0.25) is 10.1 Å². The molecule has 4 nitrogen and oxygen atoms in total. The smallest absolute Gasteiger partial charge is 0.238 e. The van der Waals surface area contributed by atoms with E-state index in [1.165, 1.54) is 32.4 Å². The molecule has 3 fully saturated rings. The van der Waals surface area contributed by atoms with Gasteiger partial charge in [-0.2, -0.15) is 0 Å². The summed E-state index contributed by atoms with van der Waals surface area (Å²) in [7, 11) is 0. The van der Waals surface area contributed by atoms with Gasteiger partial charge < -0.3 is 9.80 Å². The molecular weight excluding hydrogens is 202 g/mol. The second kappa shape index (κ2) is 4.00. The van der Waals surface area contributed by atoms with Crippen molar-refractivity contribution in [3.63, 3.8) is 0 Å². The quantitative estimate of drug-likeness (QED) is 0.698. The molecule has 4 heteroatoms. The van der Waals surface area contributed by atoms with Crippen molar-refractivity contribution in [1.29, 1.82) is 0 Å². The maximum atomic E-state index is 11.8. The van der Waals surface area contributed by atoms with Crippen molar-refractivity contribution in [3.8, 4) is 0 Å². The number of hydrogen-bond acceptors (Lipinski definition) is 3. The monoisotopic (exact) mass is 223 g/mol. The molecule has 0 saturated carbocycles. The Labute approximate surface area is 97.0 Å². The molecule has 0 aromatic heterocycles. The van der Waals surface area contributed by atoms with Crippen molar-refractivity contribution in [1.82, 2.24) is 15.1 Å². The first-order chi connectivity index (χ1) is 7.75. The van der Waals surface area contributed by atoms with Crippen LogP contribution in [0.2, 0.25) is 0 Å². The van der Waals surface area contributed by atoms with Crippen LogP contribution in [0.4, 0.5) is 0 Å². The second-order valence-corrected chi connectivity index (χ2v) is 5.37. The molecular formula is C12H21N3O. The average molecular weight is 223 g/mol.